The Bertz CT molecular complexity index is 670. The van der Waals surface area contributed by atoms with Crippen LogP contribution in [0.25, 0.3) is 11.3 Å². The Balaban J connectivity index is 1.88. The van der Waals surface area contributed by atoms with Crippen LogP contribution >= 0.6 is 0 Å². The first-order valence-corrected chi connectivity index (χ1v) is 6.85. The summed E-state index contributed by atoms with van der Waals surface area (Å²) in [4.78, 5) is 26.3. The van der Waals surface area contributed by atoms with Gasteiger partial charge in [0.1, 0.15) is 17.8 Å². The Morgan fingerprint density at radius 3 is 2.68 bits per heavy atom. The molecule has 0 aliphatic heterocycles. The molecule has 0 unspecified atom stereocenters. The van der Waals surface area contributed by atoms with Crippen LogP contribution in [0.4, 0.5) is 10.4 Å². The molecule has 0 atom stereocenters. The van der Waals surface area contributed by atoms with Crippen molar-refractivity contribution in [1.82, 2.24) is 4.98 Å². The second kappa shape index (κ2) is 7.35. The normalized spacial score (nSPS) is 10.4. The number of benzene rings is 1. The SMILES string of the molecule is NC(=O)CCCCC(=O)Nc1nc(-c2ccccc2F)co1. The van der Waals surface area contributed by atoms with E-state index < -0.39 is 5.82 Å². The van der Waals surface area contributed by atoms with Crippen molar-refractivity contribution in [3.05, 3.63) is 36.3 Å². The molecular weight excluding hydrogens is 289 g/mol. The van der Waals surface area contributed by atoms with Crippen molar-refractivity contribution in [2.75, 3.05) is 5.32 Å². The van der Waals surface area contributed by atoms with Gasteiger partial charge in [-0.3, -0.25) is 14.9 Å². The van der Waals surface area contributed by atoms with Crippen LogP contribution in [0.1, 0.15) is 25.7 Å². The highest BCUT2D eigenvalue weighted by molar-refractivity contribution is 5.88. The number of amides is 2. The minimum atomic E-state index is -0.417. The maximum atomic E-state index is 13.6. The Hall–Kier alpha value is -2.70. The maximum absolute atomic E-state index is 13.6. The first kappa shape index (κ1) is 15.7. The first-order chi connectivity index (χ1) is 10.6. The summed E-state index contributed by atoms with van der Waals surface area (Å²) < 4.78 is 18.7. The van der Waals surface area contributed by atoms with Gasteiger partial charge in [0, 0.05) is 18.4 Å². The lowest BCUT2D eigenvalue weighted by Crippen LogP contribution is -2.13. The van der Waals surface area contributed by atoms with E-state index in [1.807, 2.05) is 0 Å². The van der Waals surface area contributed by atoms with E-state index >= 15 is 0 Å². The first-order valence-electron chi connectivity index (χ1n) is 6.85. The van der Waals surface area contributed by atoms with Crippen LogP contribution in [-0.2, 0) is 9.59 Å². The average Bonchev–Trinajstić information content (AvgIpc) is 2.92. The number of hydrogen-bond acceptors (Lipinski definition) is 4. The third-order valence-corrected chi connectivity index (χ3v) is 2.98. The van der Waals surface area contributed by atoms with Gasteiger partial charge in [-0.15, -0.1) is 0 Å². The summed E-state index contributed by atoms with van der Waals surface area (Å²) in [6.07, 6.45) is 2.85. The number of nitrogens with two attached hydrogens (primary N) is 1. The van der Waals surface area contributed by atoms with Crippen molar-refractivity contribution in [1.29, 1.82) is 0 Å². The number of aromatic nitrogens is 1. The quantitative estimate of drug-likeness (QED) is 0.768. The van der Waals surface area contributed by atoms with Crippen LogP contribution in [-0.4, -0.2) is 16.8 Å². The molecule has 0 aliphatic carbocycles. The number of nitrogens with one attached hydrogen (secondary N) is 1. The Morgan fingerprint density at radius 1 is 1.23 bits per heavy atom. The molecule has 116 valence electrons. The van der Waals surface area contributed by atoms with Gasteiger partial charge in [0.25, 0.3) is 0 Å². The summed E-state index contributed by atoms with van der Waals surface area (Å²) in [7, 11) is 0. The van der Waals surface area contributed by atoms with Gasteiger partial charge in [-0.1, -0.05) is 12.1 Å². The minimum absolute atomic E-state index is 0.0122. The summed E-state index contributed by atoms with van der Waals surface area (Å²) in [5.41, 5.74) is 5.61. The van der Waals surface area contributed by atoms with Crippen LogP contribution in [0.15, 0.2) is 34.9 Å². The number of carbonyl (C=O) groups excluding carboxylic acids is 2. The van der Waals surface area contributed by atoms with Crippen molar-refractivity contribution >= 4 is 17.8 Å². The molecule has 1 aromatic heterocycles. The summed E-state index contributed by atoms with van der Waals surface area (Å²) in [5.74, 6) is -1.09. The molecule has 2 aromatic rings. The lowest BCUT2D eigenvalue weighted by Gasteiger charge is -2.00. The van der Waals surface area contributed by atoms with Crippen LogP contribution < -0.4 is 11.1 Å². The lowest BCUT2D eigenvalue weighted by molar-refractivity contribution is -0.119. The van der Waals surface area contributed by atoms with Gasteiger partial charge in [-0.05, 0) is 25.0 Å². The molecule has 0 fully saturated rings. The molecular formula is C15H16FN3O3. The number of primary amides is 1. The number of anilines is 1. The zero-order valence-corrected chi connectivity index (χ0v) is 11.8. The average molecular weight is 305 g/mol. The van der Waals surface area contributed by atoms with Crippen LogP contribution in [0.5, 0.6) is 0 Å². The van der Waals surface area contributed by atoms with Crippen LogP contribution in [0.2, 0.25) is 0 Å². The maximum Gasteiger partial charge on any atom is 0.301 e. The van der Waals surface area contributed by atoms with Crippen molar-refractivity contribution in [2.45, 2.75) is 25.7 Å². The molecule has 0 aliphatic rings. The molecule has 0 radical (unpaired) electrons. The Labute approximate surface area is 126 Å². The van der Waals surface area contributed by atoms with Gasteiger partial charge in [0.2, 0.25) is 11.8 Å². The molecule has 0 bridgehead atoms. The van der Waals surface area contributed by atoms with Crippen molar-refractivity contribution in [3.63, 3.8) is 0 Å². The summed E-state index contributed by atoms with van der Waals surface area (Å²) in [6.45, 7) is 0. The van der Waals surface area contributed by atoms with Gasteiger partial charge >= 0.3 is 6.01 Å². The van der Waals surface area contributed by atoms with Crippen molar-refractivity contribution in [2.24, 2.45) is 5.73 Å². The van der Waals surface area contributed by atoms with E-state index in [1.165, 1.54) is 12.3 Å². The van der Waals surface area contributed by atoms with Gasteiger partial charge in [0.15, 0.2) is 0 Å². The van der Waals surface area contributed by atoms with Gasteiger partial charge in [-0.2, -0.15) is 4.98 Å². The summed E-state index contributed by atoms with van der Waals surface area (Å²) >= 11 is 0. The molecule has 3 N–H and O–H groups in total. The number of unbranched alkanes of at least 4 members (excludes halogenated alkanes) is 1. The van der Waals surface area contributed by atoms with E-state index in [-0.39, 0.29) is 30.7 Å². The van der Waals surface area contributed by atoms with Crippen LogP contribution in [0, 0.1) is 5.82 Å². The van der Waals surface area contributed by atoms with Crippen LogP contribution in [0.3, 0.4) is 0 Å². The zero-order chi connectivity index (χ0) is 15.9. The summed E-state index contributed by atoms with van der Waals surface area (Å²) in [5, 5.41) is 2.48. The lowest BCUT2D eigenvalue weighted by atomic mass is 10.1. The molecule has 0 spiro atoms. The largest absolute Gasteiger partial charge is 0.431 e. The van der Waals surface area contributed by atoms with Crippen molar-refractivity contribution < 1.29 is 18.4 Å². The fraction of sp³-hybridized carbons (Fsp3) is 0.267. The number of rotatable bonds is 7. The molecule has 1 aromatic carbocycles. The molecule has 0 saturated heterocycles. The highest BCUT2D eigenvalue weighted by Crippen LogP contribution is 2.23. The number of nitrogens with zero attached hydrogens (tertiary/aromatic N) is 1. The van der Waals surface area contributed by atoms with Gasteiger partial charge in [0.05, 0.1) is 0 Å². The number of oxazole rings is 1. The van der Waals surface area contributed by atoms with Gasteiger partial charge in [-0.25, -0.2) is 4.39 Å². The van der Waals surface area contributed by atoms with E-state index in [4.69, 9.17) is 10.2 Å². The smallest absolute Gasteiger partial charge is 0.301 e. The van der Waals surface area contributed by atoms with E-state index in [1.54, 1.807) is 18.2 Å². The number of halogens is 1. The second-order valence-electron chi connectivity index (χ2n) is 4.74. The second-order valence-corrected chi connectivity index (χ2v) is 4.74. The topological polar surface area (TPSA) is 98.2 Å². The molecule has 2 rings (SSSR count). The number of hydrogen-bond donors (Lipinski definition) is 2. The van der Waals surface area contributed by atoms with Crippen molar-refractivity contribution in [3.8, 4) is 11.3 Å². The highest BCUT2D eigenvalue weighted by atomic mass is 19.1. The minimum Gasteiger partial charge on any atom is -0.431 e. The van der Waals surface area contributed by atoms with E-state index in [2.05, 4.69) is 10.3 Å². The van der Waals surface area contributed by atoms with Gasteiger partial charge < -0.3 is 10.2 Å². The fourth-order valence-electron chi connectivity index (χ4n) is 1.89. The molecule has 6 nitrogen and oxygen atoms in total. The Kier molecular flexibility index (Phi) is 5.24. The predicted molar refractivity (Wildman–Crippen MR) is 78.2 cm³/mol. The monoisotopic (exact) mass is 305 g/mol. The van der Waals surface area contributed by atoms with E-state index in [0.29, 0.717) is 24.1 Å². The molecule has 2 amide bonds. The third-order valence-electron chi connectivity index (χ3n) is 2.98. The fourth-order valence-corrected chi connectivity index (χ4v) is 1.89. The molecule has 0 saturated carbocycles. The molecule has 22 heavy (non-hydrogen) atoms. The Morgan fingerprint density at radius 2 is 1.95 bits per heavy atom. The number of carbonyl (C=O) groups is 2. The van der Waals surface area contributed by atoms with E-state index in [9.17, 15) is 14.0 Å². The summed E-state index contributed by atoms with van der Waals surface area (Å²) in [6, 6.07) is 6.17. The third kappa shape index (κ3) is 4.41. The molecule has 1 heterocycles. The molecule has 7 heteroatoms. The predicted octanol–water partition coefficient (Wildman–Crippen LogP) is 2.46. The zero-order valence-electron chi connectivity index (χ0n) is 11.8. The standard InChI is InChI=1S/C15H16FN3O3/c16-11-6-2-1-5-10(11)12-9-22-15(18-12)19-14(21)8-4-3-7-13(17)20/h1-2,5-6,9H,3-4,7-8H2,(H2,17,20)(H,18,19,21). The van der Waals surface area contributed by atoms with E-state index in [0.717, 1.165) is 0 Å². The highest BCUT2D eigenvalue weighted by Gasteiger charge is 2.12.